The van der Waals surface area contributed by atoms with E-state index in [2.05, 4.69) is 4.99 Å². The van der Waals surface area contributed by atoms with E-state index in [0.29, 0.717) is 26.9 Å². The van der Waals surface area contributed by atoms with Crippen molar-refractivity contribution < 1.29 is 27.4 Å². The number of allylic oxidation sites excluding steroid dienone is 1. The summed E-state index contributed by atoms with van der Waals surface area (Å²) in [4.78, 5) is 29.9. The Morgan fingerprint density at radius 3 is 2.53 bits per heavy atom. The Balaban J connectivity index is 2.03. The van der Waals surface area contributed by atoms with Crippen LogP contribution in [0.1, 0.15) is 24.1 Å². The van der Waals surface area contributed by atoms with Crippen LogP contribution in [0, 0.1) is 11.3 Å². The van der Waals surface area contributed by atoms with Crippen molar-refractivity contribution in [1.29, 1.82) is 5.26 Å². The molecule has 2 heterocycles. The summed E-state index contributed by atoms with van der Waals surface area (Å²) < 4.78 is 53.9. The van der Waals surface area contributed by atoms with Gasteiger partial charge in [-0.15, -0.1) is 0 Å². The number of thiazole rings is 1. The van der Waals surface area contributed by atoms with Crippen LogP contribution in [0.25, 0.3) is 6.08 Å². The monoisotopic (exact) mass is 581 g/mol. The Labute approximate surface area is 227 Å². The molecule has 0 spiro atoms. The molecule has 38 heavy (non-hydrogen) atoms. The van der Waals surface area contributed by atoms with Gasteiger partial charge < -0.3 is 9.47 Å². The Morgan fingerprint density at radius 1 is 1.21 bits per heavy atom. The summed E-state index contributed by atoms with van der Waals surface area (Å²) in [6, 6.07) is 10.6. The minimum Gasteiger partial charge on any atom is -0.478 e. The molecule has 0 amide bonds. The van der Waals surface area contributed by atoms with Gasteiger partial charge in [-0.3, -0.25) is 9.36 Å². The van der Waals surface area contributed by atoms with E-state index in [4.69, 9.17) is 37.9 Å². The maximum atomic E-state index is 14.2. The van der Waals surface area contributed by atoms with Crippen molar-refractivity contribution in [3.05, 3.63) is 94.6 Å². The third-order valence-corrected chi connectivity index (χ3v) is 6.80. The molecular formula is C25H16Cl2F3N3O4S. The minimum absolute atomic E-state index is 0.00146. The van der Waals surface area contributed by atoms with E-state index >= 15 is 0 Å². The minimum atomic E-state index is -5.02. The Bertz CT molecular complexity index is 1660. The predicted octanol–water partition coefficient (Wildman–Crippen LogP) is 4.55. The van der Waals surface area contributed by atoms with Crippen molar-refractivity contribution in [2.45, 2.75) is 19.1 Å². The first-order chi connectivity index (χ1) is 18.0. The first kappa shape index (κ1) is 27.4. The summed E-state index contributed by atoms with van der Waals surface area (Å²) in [5.74, 6) is -1.01. The lowest BCUT2D eigenvalue weighted by Gasteiger charge is -2.26. The second kappa shape index (κ2) is 11.0. The highest BCUT2D eigenvalue weighted by molar-refractivity contribution is 7.07. The fourth-order valence-electron chi connectivity index (χ4n) is 3.82. The normalized spacial score (nSPS) is 15.5. The standard InChI is InChI=1S/C25H16Cl2F3N3O4S/c1-2-36-23(35)19-20(13-3-5-15(26)6-4-13)33-22(34)18(38-24(33)32-21(19)25(28,29)30)12-14-11-16(27)7-8-17(14)37-10-9-31/h3-8,11-12,20H,2,10H2,1H3/b18-12-/t20-/m0/s1. The third-order valence-electron chi connectivity index (χ3n) is 5.33. The van der Waals surface area contributed by atoms with Crippen LogP contribution in [0.2, 0.25) is 10.0 Å². The summed E-state index contributed by atoms with van der Waals surface area (Å²) >= 11 is 12.8. The molecule has 0 bridgehead atoms. The second-order valence-corrected chi connectivity index (χ2v) is 9.63. The van der Waals surface area contributed by atoms with E-state index in [1.165, 1.54) is 55.5 Å². The Kier molecular flexibility index (Phi) is 7.97. The van der Waals surface area contributed by atoms with Crippen molar-refractivity contribution in [2.24, 2.45) is 4.99 Å². The lowest BCUT2D eigenvalue weighted by Crippen LogP contribution is -2.41. The quantitative estimate of drug-likeness (QED) is 0.398. The van der Waals surface area contributed by atoms with E-state index in [1.807, 2.05) is 6.07 Å². The van der Waals surface area contributed by atoms with E-state index in [1.54, 1.807) is 0 Å². The Hall–Kier alpha value is -3.59. The van der Waals surface area contributed by atoms with Crippen LogP contribution in [0.4, 0.5) is 13.2 Å². The molecule has 0 radical (unpaired) electrons. The van der Waals surface area contributed by atoms with Crippen molar-refractivity contribution in [2.75, 3.05) is 13.2 Å². The molecule has 1 aliphatic rings. The molecule has 4 rings (SSSR count). The number of carbonyl (C=O) groups is 1. The number of halogens is 5. The molecule has 3 aromatic rings. The summed E-state index contributed by atoms with van der Waals surface area (Å²) in [5, 5.41) is 9.46. The lowest BCUT2D eigenvalue weighted by molar-refractivity contribution is -0.140. The highest BCUT2D eigenvalue weighted by Gasteiger charge is 2.45. The zero-order valence-corrected chi connectivity index (χ0v) is 21.7. The zero-order valence-electron chi connectivity index (χ0n) is 19.4. The number of fused-ring (bicyclic) bond motifs is 1. The molecule has 1 atom stereocenters. The van der Waals surface area contributed by atoms with Gasteiger partial charge in [-0.25, -0.2) is 9.79 Å². The maximum Gasteiger partial charge on any atom is 0.434 e. The van der Waals surface area contributed by atoms with Crippen molar-refractivity contribution in [1.82, 2.24) is 4.57 Å². The number of carbonyl (C=O) groups excluding carboxylic acids is 1. The van der Waals surface area contributed by atoms with Gasteiger partial charge in [0.25, 0.3) is 5.56 Å². The topological polar surface area (TPSA) is 93.7 Å². The predicted molar refractivity (Wildman–Crippen MR) is 135 cm³/mol. The van der Waals surface area contributed by atoms with Gasteiger partial charge in [-0.1, -0.05) is 46.7 Å². The SMILES string of the molecule is CCOC(=O)C1=C(C(F)(F)F)N=c2s/c(=C\c3cc(Cl)ccc3OCC#N)c(=O)n2[C@H]1c1ccc(Cl)cc1. The van der Waals surface area contributed by atoms with Crippen molar-refractivity contribution in [3.63, 3.8) is 0 Å². The number of hydrogen-bond donors (Lipinski definition) is 0. The number of nitriles is 1. The van der Waals surface area contributed by atoms with Crippen LogP contribution in [-0.2, 0) is 9.53 Å². The molecule has 1 aliphatic heterocycles. The van der Waals surface area contributed by atoms with Gasteiger partial charge in [-0.2, -0.15) is 18.4 Å². The van der Waals surface area contributed by atoms with Gasteiger partial charge in [-0.05, 0) is 48.9 Å². The van der Waals surface area contributed by atoms with E-state index < -0.39 is 35.0 Å². The van der Waals surface area contributed by atoms with Gasteiger partial charge in [0.2, 0.25) is 0 Å². The molecule has 0 aliphatic carbocycles. The summed E-state index contributed by atoms with van der Waals surface area (Å²) in [5.41, 5.74) is -2.46. The first-order valence-corrected chi connectivity index (χ1v) is 12.5. The van der Waals surface area contributed by atoms with Gasteiger partial charge in [0.05, 0.1) is 22.8 Å². The van der Waals surface area contributed by atoms with E-state index in [9.17, 15) is 22.8 Å². The molecule has 1 aromatic heterocycles. The average Bonchev–Trinajstić information content (AvgIpc) is 3.17. The number of hydrogen-bond acceptors (Lipinski definition) is 7. The smallest absolute Gasteiger partial charge is 0.434 e. The molecule has 13 heteroatoms. The highest BCUT2D eigenvalue weighted by Crippen LogP contribution is 2.38. The molecule has 0 saturated carbocycles. The summed E-state index contributed by atoms with van der Waals surface area (Å²) in [7, 11) is 0. The third kappa shape index (κ3) is 5.48. The molecule has 0 unspecified atom stereocenters. The number of rotatable bonds is 6. The summed E-state index contributed by atoms with van der Waals surface area (Å²) in [6.45, 7) is 0.985. The van der Waals surface area contributed by atoms with Crippen LogP contribution in [0.15, 0.2) is 63.5 Å². The number of benzene rings is 2. The van der Waals surface area contributed by atoms with Gasteiger partial charge >= 0.3 is 12.1 Å². The fraction of sp³-hybridized carbons (Fsp3) is 0.200. The van der Waals surface area contributed by atoms with Crippen LogP contribution >= 0.6 is 34.5 Å². The number of nitrogens with zero attached hydrogens (tertiary/aromatic N) is 3. The number of ether oxygens (including phenoxy) is 2. The molecule has 196 valence electrons. The molecule has 0 saturated heterocycles. The fourth-order valence-corrected chi connectivity index (χ4v) is 5.11. The molecule has 0 fully saturated rings. The largest absolute Gasteiger partial charge is 0.478 e. The maximum absolute atomic E-state index is 14.2. The number of alkyl halides is 3. The first-order valence-electron chi connectivity index (χ1n) is 10.9. The average molecular weight is 582 g/mol. The molecule has 7 nitrogen and oxygen atoms in total. The van der Waals surface area contributed by atoms with Crippen LogP contribution < -0.4 is 19.6 Å². The van der Waals surface area contributed by atoms with Crippen LogP contribution in [0.3, 0.4) is 0 Å². The number of aromatic nitrogens is 1. The summed E-state index contributed by atoms with van der Waals surface area (Å²) in [6.07, 6.45) is -3.64. The number of esters is 1. The van der Waals surface area contributed by atoms with Gasteiger partial charge in [0.15, 0.2) is 17.1 Å². The highest BCUT2D eigenvalue weighted by atomic mass is 35.5. The van der Waals surface area contributed by atoms with Gasteiger partial charge in [0.1, 0.15) is 11.8 Å². The Morgan fingerprint density at radius 2 is 1.89 bits per heavy atom. The van der Waals surface area contributed by atoms with Gasteiger partial charge in [0, 0.05) is 15.6 Å². The molecular weight excluding hydrogens is 566 g/mol. The van der Waals surface area contributed by atoms with Crippen LogP contribution in [0.5, 0.6) is 5.75 Å². The van der Waals surface area contributed by atoms with Crippen molar-refractivity contribution in [3.8, 4) is 11.8 Å². The molecule has 2 aromatic carbocycles. The van der Waals surface area contributed by atoms with E-state index in [-0.39, 0.29) is 33.9 Å². The molecule has 0 N–H and O–H groups in total. The zero-order chi connectivity index (χ0) is 27.6. The van der Waals surface area contributed by atoms with Crippen LogP contribution in [-0.4, -0.2) is 29.9 Å². The second-order valence-electron chi connectivity index (χ2n) is 7.74. The van der Waals surface area contributed by atoms with E-state index in [0.717, 1.165) is 4.57 Å². The lowest BCUT2D eigenvalue weighted by atomic mass is 9.95. The van der Waals surface area contributed by atoms with Crippen molar-refractivity contribution >= 4 is 46.6 Å².